The maximum absolute atomic E-state index is 13.3. The van der Waals surface area contributed by atoms with E-state index in [1.165, 1.54) is 17.5 Å². The molecule has 0 radical (unpaired) electrons. The average molecular weight is 375 g/mol. The summed E-state index contributed by atoms with van der Waals surface area (Å²) in [6.45, 7) is 4.64. The molecule has 1 aromatic carbocycles. The molecule has 0 N–H and O–H groups in total. The summed E-state index contributed by atoms with van der Waals surface area (Å²) in [5.41, 5.74) is 3.36. The molecule has 1 atom stereocenters. The molecular weight excluding hydrogens is 348 g/mol. The van der Waals surface area contributed by atoms with Crippen LogP contribution in [0, 0.1) is 0 Å². The number of nitrogens with zero attached hydrogens (tertiary/aromatic N) is 2. The van der Waals surface area contributed by atoms with Crippen LogP contribution in [-0.4, -0.2) is 24.4 Å². The van der Waals surface area contributed by atoms with Crippen LogP contribution >= 0.6 is 0 Å². The zero-order valence-electron chi connectivity index (χ0n) is 15.4. The van der Waals surface area contributed by atoms with Gasteiger partial charge in [0.05, 0.1) is 16.6 Å². The van der Waals surface area contributed by atoms with Gasteiger partial charge >= 0.3 is 0 Å². The van der Waals surface area contributed by atoms with Gasteiger partial charge < -0.3 is 4.52 Å². The minimum atomic E-state index is -3.53. The Balaban J connectivity index is 1.65. The van der Waals surface area contributed by atoms with E-state index in [-0.39, 0.29) is 12.0 Å². The lowest BCUT2D eigenvalue weighted by molar-refractivity contribution is 0.295. The predicted molar refractivity (Wildman–Crippen MR) is 99.5 cm³/mol. The number of aryl methyl sites for hydroxylation is 2. The van der Waals surface area contributed by atoms with E-state index < -0.39 is 10.0 Å². The number of aromatic nitrogens is 1. The molecule has 140 valence electrons. The van der Waals surface area contributed by atoms with Crippen LogP contribution in [0.3, 0.4) is 0 Å². The summed E-state index contributed by atoms with van der Waals surface area (Å²) in [4.78, 5) is 0.411. The molecule has 1 aliphatic carbocycles. The van der Waals surface area contributed by atoms with Gasteiger partial charge in [-0.15, -0.1) is 0 Å². The van der Waals surface area contributed by atoms with Crippen LogP contribution in [0.25, 0.3) is 0 Å². The second-order valence-electron chi connectivity index (χ2n) is 7.72. The average Bonchev–Trinajstić information content (AvgIpc) is 3.30. The van der Waals surface area contributed by atoms with Crippen molar-refractivity contribution in [2.45, 2.75) is 69.2 Å². The fraction of sp³-hybridized carbons (Fsp3) is 0.550. The lowest BCUT2D eigenvalue weighted by Gasteiger charge is -2.23. The fourth-order valence-electron chi connectivity index (χ4n) is 4.05. The smallest absolute Gasteiger partial charge is 0.243 e. The van der Waals surface area contributed by atoms with Gasteiger partial charge in [-0.3, -0.25) is 0 Å². The highest BCUT2D eigenvalue weighted by Gasteiger charge is 2.38. The summed E-state index contributed by atoms with van der Waals surface area (Å²) in [5.74, 6) is 0.923. The van der Waals surface area contributed by atoms with Crippen LogP contribution in [-0.2, 0) is 22.9 Å². The van der Waals surface area contributed by atoms with Crippen LogP contribution in [0.1, 0.15) is 74.1 Å². The van der Waals surface area contributed by atoms with E-state index >= 15 is 0 Å². The van der Waals surface area contributed by atoms with Gasteiger partial charge in [0.15, 0.2) is 5.76 Å². The lowest BCUT2D eigenvalue weighted by Crippen LogP contribution is -2.30. The molecule has 0 unspecified atom stereocenters. The van der Waals surface area contributed by atoms with E-state index in [0.717, 1.165) is 37.8 Å². The largest absolute Gasteiger partial charge is 0.359 e. The summed E-state index contributed by atoms with van der Waals surface area (Å²) < 4.78 is 33.7. The third-order valence-electron chi connectivity index (χ3n) is 5.60. The Bertz CT molecular complexity index is 902. The van der Waals surface area contributed by atoms with E-state index in [2.05, 4.69) is 19.0 Å². The Morgan fingerprint density at radius 2 is 1.88 bits per heavy atom. The van der Waals surface area contributed by atoms with Gasteiger partial charge in [-0.25, -0.2) is 8.42 Å². The first-order valence-corrected chi connectivity index (χ1v) is 11.0. The van der Waals surface area contributed by atoms with Crippen molar-refractivity contribution in [2.24, 2.45) is 0 Å². The normalized spacial score (nSPS) is 21.3. The van der Waals surface area contributed by atoms with E-state index in [1.807, 2.05) is 18.2 Å². The molecule has 1 aromatic heterocycles. The summed E-state index contributed by atoms with van der Waals surface area (Å²) in [5, 5.41) is 4.11. The molecule has 2 aliphatic rings. The van der Waals surface area contributed by atoms with Crippen LogP contribution in [0.5, 0.6) is 0 Å². The van der Waals surface area contributed by atoms with Crippen molar-refractivity contribution in [1.82, 2.24) is 9.46 Å². The molecule has 1 fully saturated rings. The maximum Gasteiger partial charge on any atom is 0.243 e. The minimum absolute atomic E-state index is 0.254. The first-order chi connectivity index (χ1) is 12.5. The molecule has 4 rings (SSSR count). The molecular formula is C20H26N2O3S. The van der Waals surface area contributed by atoms with Crippen molar-refractivity contribution >= 4 is 10.0 Å². The van der Waals surface area contributed by atoms with E-state index in [9.17, 15) is 8.42 Å². The Hall–Kier alpha value is -1.66. The van der Waals surface area contributed by atoms with Crippen LogP contribution in [0.2, 0.25) is 0 Å². The number of rotatable bonds is 4. The first kappa shape index (κ1) is 17.7. The number of hydrogen-bond acceptors (Lipinski definition) is 4. The van der Waals surface area contributed by atoms with Crippen molar-refractivity contribution in [3.05, 3.63) is 46.8 Å². The molecule has 1 saturated heterocycles. The lowest BCUT2D eigenvalue weighted by atomic mass is 9.92. The number of benzene rings is 1. The van der Waals surface area contributed by atoms with Gasteiger partial charge in [-0.2, -0.15) is 4.31 Å². The highest BCUT2D eigenvalue weighted by atomic mass is 32.2. The van der Waals surface area contributed by atoms with Crippen LogP contribution in [0.15, 0.2) is 33.7 Å². The van der Waals surface area contributed by atoms with Gasteiger partial charge in [0.25, 0.3) is 0 Å². The second-order valence-corrected chi connectivity index (χ2v) is 9.61. The van der Waals surface area contributed by atoms with Crippen LogP contribution < -0.4 is 0 Å². The molecule has 26 heavy (non-hydrogen) atoms. The summed E-state index contributed by atoms with van der Waals surface area (Å²) >= 11 is 0. The summed E-state index contributed by atoms with van der Waals surface area (Å²) in [6.07, 6.45) is 5.97. The van der Waals surface area contributed by atoms with E-state index in [1.54, 1.807) is 10.4 Å². The SMILES string of the molecule is CC(C)c1cc([C@H]2CCCN2S(=O)(=O)c2ccc3c(c2)CCCC3)on1. The molecule has 2 aromatic rings. The van der Waals surface area contributed by atoms with Gasteiger partial charge in [0.2, 0.25) is 10.0 Å². The Morgan fingerprint density at radius 1 is 1.12 bits per heavy atom. The third-order valence-corrected chi connectivity index (χ3v) is 7.50. The van der Waals surface area contributed by atoms with Gasteiger partial charge in [-0.1, -0.05) is 25.1 Å². The Labute approximate surface area is 155 Å². The van der Waals surface area contributed by atoms with Crippen molar-refractivity contribution in [3.63, 3.8) is 0 Å². The molecule has 5 nitrogen and oxygen atoms in total. The molecule has 0 saturated carbocycles. The monoisotopic (exact) mass is 374 g/mol. The Morgan fingerprint density at radius 3 is 2.62 bits per heavy atom. The third kappa shape index (κ3) is 3.09. The summed E-state index contributed by atoms with van der Waals surface area (Å²) in [7, 11) is -3.53. The second kappa shape index (κ2) is 6.82. The quantitative estimate of drug-likeness (QED) is 0.804. The van der Waals surface area contributed by atoms with Gasteiger partial charge in [0.1, 0.15) is 0 Å². The minimum Gasteiger partial charge on any atom is -0.359 e. The molecule has 1 aliphatic heterocycles. The fourth-order valence-corrected chi connectivity index (χ4v) is 5.77. The number of sulfonamides is 1. The van der Waals surface area contributed by atoms with Crippen molar-refractivity contribution in [3.8, 4) is 0 Å². The molecule has 0 spiro atoms. The van der Waals surface area contributed by atoms with Crippen molar-refractivity contribution < 1.29 is 12.9 Å². The zero-order valence-corrected chi connectivity index (χ0v) is 16.3. The molecule has 6 heteroatoms. The number of fused-ring (bicyclic) bond motifs is 1. The van der Waals surface area contributed by atoms with E-state index in [4.69, 9.17) is 4.52 Å². The van der Waals surface area contributed by atoms with E-state index in [0.29, 0.717) is 17.2 Å². The van der Waals surface area contributed by atoms with Gasteiger partial charge in [0, 0.05) is 12.6 Å². The number of hydrogen-bond donors (Lipinski definition) is 0. The highest BCUT2D eigenvalue weighted by molar-refractivity contribution is 7.89. The Kier molecular flexibility index (Phi) is 4.65. The predicted octanol–water partition coefficient (Wildman–Crippen LogP) is 4.20. The first-order valence-electron chi connectivity index (χ1n) is 9.57. The van der Waals surface area contributed by atoms with Crippen molar-refractivity contribution in [2.75, 3.05) is 6.54 Å². The topological polar surface area (TPSA) is 63.4 Å². The highest BCUT2D eigenvalue weighted by Crippen LogP contribution is 2.38. The molecule has 0 bridgehead atoms. The molecule has 2 heterocycles. The maximum atomic E-state index is 13.3. The van der Waals surface area contributed by atoms with Crippen molar-refractivity contribution in [1.29, 1.82) is 0 Å². The zero-order chi connectivity index (χ0) is 18.3. The van der Waals surface area contributed by atoms with Crippen LogP contribution in [0.4, 0.5) is 0 Å². The van der Waals surface area contributed by atoms with Gasteiger partial charge in [-0.05, 0) is 67.7 Å². The summed E-state index contributed by atoms with van der Waals surface area (Å²) in [6, 6.07) is 7.32. The standard InChI is InChI=1S/C20H26N2O3S/c1-14(2)18-13-20(25-21-18)19-8-5-11-22(19)26(23,24)17-10-9-15-6-3-4-7-16(15)12-17/h9-10,12-14,19H,3-8,11H2,1-2H3/t19-/m1/s1. The molecule has 0 amide bonds.